The van der Waals surface area contributed by atoms with Gasteiger partial charge in [0.15, 0.2) is 5.96 Å². The van der Waals surface area contributed by atoms with Crippen molar-refractivity contribution in [1.29, 1.82) is 0 Å². The first-order valence-electron chi connectivity index (χ1n) is 9.75. The molecule has 2 aliphatic rings. The monoisotopic (exact) mass is 465 g/mol. The number of nitrogens with zero attached hydrogens (tertiary/aromatic N) is 4. The number of aliphatic imine (C=N–C) groups is 1. The van der Waals surface area contributed by atoms with Crippen LogP contribution < -0.4 is 5.32 Å². The van der Waals surface area contributed by atoms with E-state index in [0.717, 1.165) is 25.6 Å². The summed E-state index contributed by atoms with van der Waals surface area (Å²) in [5.41, 5.74) is 0.526. The van der Waals surface area contributed by atoms with Gasteiger partial charge in [-0.05, 0) is 47.2 Å². The summed E-state index contributed by atoms with van der Waals surface area (Å²) in [6, 6.07) is 0. The van der Waals surface area contributed by atoms with Gasteiger partial charge in [0.2, 0.25) is 0 Å². The molecule has 0 aromatic rings. The van der Waals surface area contributed by atoms with E-state index in [1.807, 2.05) is 0 Å². The number of likely N-dealkylation sites (tertiary alicyclic amines) is 1. The summed E-state index contributed by atoms with van der Waals surface area (Å²) in [6.45, 7) is 20.6. The largest absolute Gasteiger partial charge is 0.356 e. The molecule has 0 bridgehead atoms. The van der Waals surface area contributed by atoms with Crippen molar-refractivity contribution in [3.63, 3.8) is 0 Å². The molecule has 0 saturated carbocycles. The summed E-state index contributed by atoms with van der Waals surface area (Å²) >= 11 is 0. The first-order valence-corrected chi connectivity index (χ1v) is 9.75. The van der Waals surface area contributed by atoms with Crippen LogP contribution in [0.1, 0.15) is 47.5 Å². The molecule has 148 valence electrons. The molecule has 0 atom stereocenters. The highest BCUT2D eigenvalue weighted by atomic mass is 127. The highest BCUT2D eigenvalue weighted by Gasteiger charge is 2.53. The smallest absolute Gasteiger partial charge is 0.194 e. The summed E-state index contributed by atoms with van der Waals surface area (Å²) in [5.74, 6) is 1.10. The third-order valence-electron chi connectivity index (χ3n) is 6.21. The molecule has 5 nitrogen and oxygen atoms in total. The number of unbranched alkanes of at least 4 members (excludes halogenated alkanes) is 1. The quantitative estimate of drug-likeness (QED) is 0.283. The molecule has 0 radical (unpaired) electrons. The first kappa shape index (κ1) is 23.0. The van der Waals surface area contributed by atoms with Crippen LogP contribution >= 0.6 is 24.0 Å². The van der Waals surface area contributed by atoms with Crippen molar-refractivity contribution in [1.82, 2.24) is 20.0 Å². The summed E-state index contributed by atoms with van der Waals surface area (Å²) in [6.07, 6.45) is 2.43. The van der Waals surface area contributed by atoms with Gasteiger partial charge in [-0.25, -0.2) is 0 Å². The van der Waals surface area contributed by atoms with Crippen LogP contribution in [0.4, 0.5) is 0 Å². The van der Waals surface area contributed by atoms with Crippen LogP contribution in [0.25, 0.3) is 0 Å². The number of guanidine groups is 1. The van der Waals surface area contributed by atoms with Crippen molar-refractivity contribution in [3.05, 3.63) is 0 Å². The van der Waals surface area contributed by atoms with Gasteiger partial charge in [-0.1, -0.05) is 13.8 Å². The number of piperazine rings is 1. The molecule has 2 aliphatic heterocycles. The molecule has 0 spiro atoms. The lowest BCUT2D eigenvalue weighted by Crippen LogP contribution is -2.72. The highest BCUT2D eigenvalue weighted by Crippen LogP contribution is 2.46. The first-order chi connectivity index (χ1) is 11.3. The average Bonchev–Trinajstić information content (AvgIpc) is 2.53. The van der Waals surface area contributed by atoms with Gasteiger partial charge in [0, 0.05) is 56.8 Å². The lowest BCUT2D eigenvalue weighted by atomic mass is 9.65. The minimum Gasteiger partial charge on any atom is -0.356 e. The van der Waals surface area contributed by atoms with Crippen molar-refractivity contribution in [2.24, 2.45) is 10.4 Å². The Morgan fingerprint density at radius 1 is 1.04 bits per heavy atom. The maximum atomic E-state index is 4.90. The highest BCUT2D eigenvalue weighted by molar-refractivity contribution is 14.0. The van der Waals surface area contributed by atoms with E-state index in [9.17, 15) is 0 Å². The van der Waals surface area contributed by atoms with Crippen LogP contribution in [0.15, 0.2) is 4.99 Å². The molecule has 2 rings (SSSR count). The summed E-state index contributed by atoms with van der Waals surface area (Å²) < 4.78 is 0. The fourth-order valence-corrected chi connectivity index (χ4v) is 3.50. The molecule has 2 heterocycles. The molecule has 0 amide bonds. The third-order valence-corrected chi connectivity index (χ3v) is 6.21. The number of hydrogen-bond acceptors (Lipinski definition) is 3. The second-order valence-corrected chi connectivity index (χ2v) is 8.62. The minimum absolute atomic E-state index is 0. The van der Waals surface area contributed by atoms with Crippen LogP contribution in [0, 0.1) is 5.41 Å². The second kappa shape index (κ2) is 9.74. The molecular weight excluding hydrogens is 425 g/mol. The lowest BCUT2D eigenvalue weighted by molar-refractivity contribution is -0.0667. The van der Waals surface area contributed by atoms with Crippen LogP contribution in [0.2, 0.25) is 0 Å². The molecule has 0 aromatic carbocycles. The van der Waals surface area contributed by atoms with Gasteiger partial charge in [0.25, 0.3) is 0 Å². The van der Waals surface area contributed by atoms with Crippen LogP contribution in [0.3, 0.4) is 0 Å². The van der Waals surface area contributed by atoms with Crippen molar-refractivity contribution < 1.29 is 0 Å². The third kappa shape index (κ3) is 5.70. The summed E-state index contributed by atoms with van der Waals surface area (Å²) in [4.78, 5) is 12.3. The number of rotatable bonds is 6. The van der Waals surface area contributed by atoms with E-state index in [2.05, 4.69) is 61.7 Å². The van der Waals surface area contributed by atoms with Gasteiger partial charge in [-0.3, -0.25) is 4.99 Å². The summed E-state index contributed by atoms with van der Waals surface area (Å²) in [5, 5.41) is 3.48. The lowest BCUT2D eigenvalue weighted by Gasteiger charge is -2.62. The Balaban J connectivity index is 0.00000312. The zero-order valence-electron chi connectivity index (χ0n) is 17.3. The predicted octanol–water partition coefficient (Wildman–Crippen LogP) is 2.72. The number of hydrogen-bond donors (Lipinski definition) is 1. The number of halogens is 1. The van der Waals surface area contributed by atoms with E-state index < -0.39 is 0 Å². The van der Waals surface area contributed by atoms with Crippen LogP contribution in [0.5, 0.6) is 0 Å². The Bertz CT molecular complexity index is 428. The van der Waals surface area contributed by atoms with Crippen molar-refractivity contribution in [2.45, 2.75) is 53.0 Å². The van der Waals surface area contributed by atoms with Crippen molar-refractivity contribution in [2.75, 3.05) is 59.4 Å². The molecule has 2 fully saturated rings. The van der Waals surface area contributed by atoms with Crippen LogP contribution in [-0.4, -0.2) is 85.6 Å². The normalized spacial score (nSPS) is 23.8. The maximum Gasteiger partial charge on any atom is 0.194 e. The molecule has 6 heteroatoms. The van der Waals surface area contributed by atoms with E-state index in [4.69, 9.17) is 4.99 Å². The van der Waals surface area contributed by atoms with E-state index in [1.54, 1.807) is 0 Å². The Labute approximate surface area is 172 Å². The Morgan fingerprint density at radius 3 is 2.20 bits per heavy atom. The zero-order valence-corrected chi connectivity index (χ0v) is 19.6. The molecule has 2 saturated heterocycles. The van der Waals surface area contributed by atoms with Crippen molar-refractivity contribution in [3.8, 4) is 0 Å². The molecule has 0 aromatic heterocycles. The molecule has 25 heavy (non-hydrogen) atoms. The zero-order chi connectivity index (χ0) is 17.8. The predicted molar refractivity (Wildman–Crippen MR) is 119 cm³/mol. The minimum atomic E-state index is 0. The van der Waals surface area contributed by atoms with E-state index in [0.29, 0.717) is 5.41 Å². The number of likely N-dealkylation sites (N-methyl/N-ethyl adjacent to an activating group) is 1. The van der Waals surface area contributed by atoms with Gasteiger partial charge in [0.1, 0.15) is 0 Å². The summed E-state index contributed by atoms with van der Waals surface area (Å²) in [7, 11) is 2.22. The second-order valence-electron chi connectivity index (χ2n) is 8.62. The molecule has 0 unspecified atom stereocenters. The topological polar surface area (TPSA) is 34.1 Å². The van der Waals surface area contributed by atoms with Gasteiger partial charge >= 0.3 is 0 Å². The van der Waals surface area contributed by atoms with E-state index >= 15 is 0 Å². The average molecular weight is 465 g/mol. The fourth-order valence-electron chi connectivity index (χ4n) is 3.50. The van der Waals surface area contributed by atoms with Crippen LogP contribution in [-0.2, 0) is 0 Å². The maximum absolute atomic E-state index is 4.90. The van der Waals surface area contributed by atoms with E-state index in [-0.39, 0.29) is 29.5 Å². The molecular formula is C19H40IN5. The Kier molecular flexibility index (Phi) is 8.94. The standard InChI is InChI=1S/C19H39N5.HI/c1-7-20-17(24-16-18(2,3)19(24,4)5)21-10-8-9-11-23-14-12-22(6)13-15-23;/h7-16H2,1-6H3,(H,20,21);1H. The van der Waals surface area contributed by atoms with Gasteiger partial charge in [0.05, 0.1) is 0 Å². The fraction of sp³-hybridized carbons (Fsp3) is 0.947. The Hall–Kier alpha value is -0.0800. The van der Waals surface area contributed by atoms with Gasteiger partial charge in [-0.15, -0.1) is 24.0 Å². The van der Waals surface area contributed by atoms with Crippen molar-refractivity contribution >= 4 is 29.9 Å². The Morgan fingerprint density at radius 2 is 1.68 bits per heavy atom. The van der Waals surface area contributed by atoms with Gasteiger partial charge in [-0.2, -0.15) is 0 Å². The molecule has 0 aliphatic carbocycles. The molecule has 1 N–H and O–H groups in total. The number of nitrogens with one attached hydrogen (secondary N) is 1. The van der Waals surface area contributed by atoms with Gasteiger partial charge < -0.3 is 20.0 Å². The van der Waals surface area contributed by atoms with E-state index in [1.165, 1.54) is 45.6 Å². The SMILES string of the molecule is CCNC(=NCCCCN1CCN(C)CC1)N1CC(C)(C)C1(C)C.I.